The number of amides is 1. The summed E-state index contributed by atoms with van der Waals surface area (Å²) in [5.74, 6) is 0.666. The minimum atomic E-state index is -0.256. The molecule has 10 heteroatoms. The summed E-state index contributed by atoms with van der Waals surface area (Å²) in [6, 6.07) is 2.12. The molecule has 1 aromatic rings. The topological polar surface area (TPSA) is 81.8 Å². The highest BCUT2D eigenvalue weighted by Crippen LogP contribution is 2.36. The van der Waals surface area contributed by atoms with Gasteiger partial charge in [-0.25, -0.2) is 0 Å². The summed E-state index contributed by atoms with van der Waals surface area (Å²) in [6.45, 7) is 11.4. The molecule has 3 heterocycles. The molecular formula is C25H35N5O3S2. The molecule has 1 amide bonds. The molecule has 0 atom stereocenters. The number of pyridine rings is 1. The number of ether oxygens (including phenoxy) is 1. The molecule has 8 nitrogen and oxygen atoms in total. The quantitative estimate of drug-likeness (QED) is 0.266. The van der Waals surface area contributed by atoms with Crippen molar-refractivity contribution in [2.75, 3.05) is 57.9 Å². The van der Waals surface area contributed by atoms with Gasteiger partial charge in [-0.15, -0.1) is 0 Å². The highest BCUT2D eigenvalue weighted by molar-refractivity contribution is 8.26. The number of nitriles is 1. The van der Waals surface area contributed by atoms with Gasteiger partial charge in [0.25, 0.3) is 11.5 Å². The highest BCUT2D eigenvalue weighted by atomic mass is 32.2. The molecular weight excluding hydrogens is 482 g/mol. The van der Waals surface area contributed by atoms with Crippen molar-refractivity contribution in [3.63, 3.8) is 0 Å². The molecule has 0 aromatic carbocycles. The predicted molar refractivity (Wildman–Crippen MR) is 146 cm³/mol. The molecule has 2 saturated heterocycles. The average Bonchev–Trinajstić information content (AvgIpc) is 3.11. The van der Waals surface area contributed by atoms with E-state index < -0.39 is 0 Å². The zero-order valence-electron chi connectivity index (χ0n) is 21.1. The van der Waals surface area contributed by atoms with Crippen molar-refractivity contribution in [1.29, 1.82) is 5.26 Å². The van der Waals surface area contributed by atoms with E-state index >= 15 is 0 Å². The van der Waals surface area contributed by atoms with Gasteiger partial charge >= 0.3 is 0 Å². The van der Waals surface area contributed by atoms with Crippen LogP contribution in [0.25, 0.3) is 6.08 Å². The molecule has 2 aliphatic heterocycles. The van der Waals surface area contributed by atoms with E-state index in [0.717, 1.165) is 50.4 Å². The van der Waals surface area contributed by atoms with E-state index in [-0.39, 0.29) is 17.0 Å². The van der Waals surface area contributed by atoms with Crippen LogP contribution in [0.4, 0.5) is 5.82 Å². The van der Waals surface area contributed by atoms with Crippen LogP contribution in [0, 0.1) is 18.3 Å². The van der Waals surface area contributed by atoms with Crippen molar-refractivity contribution < 1.29 is 9.53 Å². The third-order valence-corrected chi connectivity index (χ3v) is 7.79. The smallest absolute Gasteiger partial charge is 0.270 e. The first kappa shape index (κ1) is 27.4. The molecule has 0 unspecified atom stereocenters. The lowest BCUT2D eigenvalue weighted by Gasteiger charge is -2.36. The predicted octanol–water partition coefficient (Wildman–Crippen LogP) is 3.21. The Morgan fingerprint density at radius 1 is 1.14 bits per heavy atom. The molecule has 0 radical (unpaired) electrons. The first-order valence-electron chi connectivity index (χ1n) is 12.3. The lowest BCUT2D eigenvalue weighted by molar-refractivity contribution is -0.122. The number of rotatable bonds is 10. The number of hydrogen-bond donors (Lipinski definition) is 0. The maximum atomic E-state index is 13.4. The van der Waals surface area contributed by atoms with Crippen molar-refractivity contribution in [2.24, 2.45) is 0 Å². The van der Waals surface area contributed by atoms with Gasteiger partial charge in [0.15, 0.2) is 0 Å². The second kappa shape index (κ2) is 12.7. The van der Waals surface area contributed by atoms with E-state index in [1.807, 2.05) is 13.0 Å². The highest BCUT2D eigenvalue weighted by Gasteiger charge is 2.33. The molecule has 1 aromatic heterocycles. The van der Waals surface area contributed by atoms with Gasteiger partial charge in [0.05, 0.1) is 4.91 Å². The Bertz CT molecular complexity index is 1080. The van der Waals surface area contributed by atoms with Crippen LogP contribution in [0.15, 0.2) is 9.70 Å². The maximum Gasteiger partial charge on any atom is 0.270 e. The summed E-state index contributed by atoms with van der Waals surface area (Å²) in [5, 5.41) is 9.83. The molecule has 2 fully saturated rings. The van der Waals surface area contributed by atoms with Gasteiger partial charge in [-0.1, -0.05) is 37.3 Å². The number of carbonyl (C=O) groups excluding carboxylic acids is 1. The van der Waals surface area contributed by atoms with Crippen LogP contribution in [0.5, 0.6) is 0 Å². The zero-order chi connectivity index (χ0) is 25.5. The van der Waals surface area contributed by atoms with Crippen LogP contribution in [-0.2, 0) is 16.1 Å². The van der Waals surface area contributed by atoms with Gasteiger partial charge in [-0.3, -0.25) is 19.1 Å². The SMILES string of the molecule is CCCCn1c(N2CCN(C)CC2)c(C=C2SC(=S)N(CCCOCC)C2=O)c(C)c(C#N)c1=O. The van der Waals surface area contributed by atoms with E-state index in [4.69, 9.17) is 17.0 Å². The zero-order valence-corrected chi connectivity index (χ0v) is 22.8. The summed E-state index contributed by atoms with van der Waals surface area (Å²) < 4.78 is 7.67. The fourth-order valence-corrected chi connectivity index (χ4v) is 5.61. The summed E-state index contributed by atoms with van der Waals surface area (Å²) in [6.07, 6.45) is 4.31. The number of aromatic nitrogens is 1. The monoisotopic (exact) mass is 517 g/mol. The first-order chi connectivity index (χ1) is 16.8. The first-order valence-corrected chi connectivity index (χ1v) is 13.5. The summed E-state index contributed by atoms with van der Waals surface area (Å²) >= 11 is 6.79. The number of likely N-dealkylation sites (N-methyl/N-ethyl adjacent to an activating group) is 1. The molecule has 190 valence electrons. The minimum Gasteiger partial charge on any atom is -0.382 e. The molecule has 0 spiro atoms. The van der Waals surface area contributed by atoms with Gasteiger partial charge in [0.1, 0.15) is 21.8 Å². The second-order valence-corrected chi connectivity index (χ2v) is 10.5. The lowest BCUT2D eigenvalue weighted by atomic mass is 10.0. The molecule has 3 rings (SSSR count). The Hall–Kier alpha value is -2.19. The van der Waals surface area contributed by atoms with Gasteiger partial charge in [0.2, 0.25) is 0 Å². The Kier molecular flexibility index (Phi) is 9.92. The minimum absolute atomic E-state index is 0.134. The fraction of sp³-hybridized carbons (Fsp3) is 0.600. The lowest BCUT2D eigenvalue weighted by Crippen LogP contribution is -2.47. The van der Waals surface area contributed by atoms with Crippen LogP contribution in [0.3, 0.4) is 0 Å². The molecule has 0 aliphatic carbocycles. The van der Waals surface area contributed by atoms with Crippen LogP contribution in [-0.4, -0.2) is 77.6 Å². The summed E-state index contributed by atoms with van der Waals surface area (Å²) in [7, 11) is 2.09. The van der Waals surface area contributed by atoms with E-state index in [1.54, 1.807) is 16.4 Å². The molecule has 2 aliphatic rings. The number of thiocarbonyl (C=S) groups is 1. The number of unbranched alkanes of at least 4 members (excludes halogenated alkanes) is 1. The van der Waals surface area contributed by atoms with E-state index in [1.165, 1.54) is 11.8 Å². The molecule has 0 bridgehead atoms. The Morgan fingerprint density at radius 2 is 1.86 bits per heavy atom. The van der Waals surface area contributed by atoms with Crippen molar-refractivity contribution in [3.8, 4) is 6.07 Å². The van der Waals surface area contributed by atoms with Crippen LogP contribution in [0.2, 0.25) is 0 Å². The van der Waals surface area contributed by atoms with Gasteiger partial charge < -0.3 is 14.5 Å². The number of thioether (sulfide) groups is 1. The van der Waals surface area contributed by atoms with Crippen molar-refractivity contribution in [1.82, 2.24) is 14.4 Å². The normalized spacial score (nSPS) is 18.1. The van der Waals surface area contributed by atoms with Crippen molar-refractivity contribution in [3.05, 3.63) is 31.9 Å². The maximum absolute atomic E-state index is 13.4. The fourth-order valence-electron chi connectivity index (χ4n) is 4.32. The Labute approximate surface area is 217 Å². The van der Waals surface area contributed by atoms with Crippen molar-refractivity contribution in [2.45, 2.75) is 46.6 Å². The molecule has 0 N–H and O–H groups in total. The number of anilines is 1. The largest absolute Gasteiger partial charge is 0.382 e. The molecule has 35 heavy (non-hydrogen) atoms. The number of hydrogen-bond acceptors (Lipinski definition) is 8. The van der Waals surface area contributed by atoms with Crippen LogP contribution >= 0.6 is 24.0 Å². The summed E-state index contributed by atoms with van der Waals surface area (Å²) in [5.41, 5.74) is 1.25. The van der Waals surface area contributed by atoms with Crippen LogP contribution in [0.1, 0.15) is 49.8 Å². The Balaban J connectivity index is 2.08. The molecule has 0 saturated carbocycles. The van der Waals surface area contributed by atoms with Crippen LogP contribution < -0.4 is 10.5 Å². The number of carbonyl (C=O) groups is 1. The Morgan fingerprint density at radius 3 is 2.49 bits per heavy atom. The second-order valence-electron chi connectivity index (χ2n) is 8.83. The standard InChI is InChI=1S/C25H35N5O3S2/c1-5-7-9-29-22(28-13-11-27(4)12-14-28)19(18(3)20(17-26)23(29)31)16-21-24(32)30(25(34)35-21)10-8-15-33-6-2/h16H,5-15H2,1-4H3. The number of piperazine rings is 1. The van der Waals surface area contributed by atoms with E-state index in [9.17, 15) is 14.9 Å². The third-order valence-electron chi connectivity index (χ3n) is 6.41. The van der Waals surface area contributed by atoms with Gasteiger partial charge in [-0.05, 0) is 45.4 Å². The van der Waals surface area contributed by atoms with Gasteiger partial charge in [0, 0.05) is 58.0 Å². The van der Waals surface area contributed by atoms with E-state index in [0.29, 0.717) is 47.5 Å². The van der Waals surface area contributed by atoms with Crippen molar-refractivity contribution >= 4 is 46.1 Å². The summed E-state index contributed by atoms with van der Waals surface area (Å²) in [4.78, 5) is 33.2. The average molecular weight is 518 g/mol. The number of nitrogens with zero attached hydrogens (tertiary/aromatic N) is 5. The third kappa shape index (κ3) is 6.15. The van der Waals surface area contributed by atoms with E-state index in [2.05, 4.69) is 29.8 Å². The van der Waals surface area contributed by atoms with Gasteiger partial charge in [-0.2, -0.15) is 5.26 Å².